The van der Waals surface area contributed by atoms with Gasteiger partial charge in [0.05, 0.1) is 6.26 Å². The molecule has 0 saturated carbocycles. The van der Waals surface area contributed by atoms with Crippen LogP contribution in [0.2, 0.25) is 0 Å². The number of carbonyl (C=O) groups is 2. The van der Waals surface area contributed by atoms with Crippen molar-refractivity contribution in [2.75, 3.05) is 6.54 Å². The molecule has 0 aliphatic carbocycles. The van der Waals surface area contributed by atoms with Crippen molar-refractivity contribution < 1.29 is 19.1 Å². The van der Waals surface area contributed by atoms with Crippen LogP contribution in [0.4, 0.5) is 0 Å². The minimum atomic E-state index is -0.811. The van der Waals surface area contributed by atoms with Crippen molar-refractivity contribution in [3.8, 4) is 0 Å². The third-order valence-electron chi connectivity index (χ3n) is 2.06. The first-order valence-electron chi connectivity index (χ1n) is 5.39. The van der Waals surface area contributed by atoms with Gasteiger partial charge in [-0.25, -0.2) is 0 Å². The summed E-state index contributed by atoms with van der Waals surface area (Å²) in [6, 6.07) is 3.49. The summed E-state index contributed by atoms with van der Waals surface area (Å²) in [4.78, 5) is 21.5. The topological polar surface area (TPSA) is 79.5 Å². The molecule has 0 aliphatic rings. The van der Waals surface area contributed by atoms with E-state index in [1.807, 2.05) is 0 Å². The van der Waals surface area contributed by atoms with Gasteiger partial charge in [-0.1, -0.05) is 0 Å². The van der Waals surface area contributed by atoms with Crippen molar-refractivity contribution in [2.24, 2.45) is 0 Å². The Bertz CT molecular complexity index is 381. The predicted octanol–water partition coefficient (Wildman–Crippen LogP) is 1.66. The molecule has 0 radical (unpaired) electrons. The highest BCUT2D eigenvalue weighted by molar-refractivity contribution is 5.91. The van der Waals surface area contributed by atoms with Crippen molar-refractivity contribution in [1.29, 1.82) is 0 Å². The minimum absolute atomic E-state index is 0.137. The Hall–Kier alpha value is -2.04. The van der Waals surface area contributed by atoms with Gasteiger partial charge in [0, 0.05) is 19.0 Å². The second-order valence-corrected chi connectivity index (χ2v) is 3.49. The van der Waals surface area contributed by atoms with Crippen LogP contribution in [0.5, 0.6) is 0 Å². The first-order chi connectivity index (χ1) is 8.18. The summed E-state index contributed by atoms with van der Waals surface area (Å²) in [6.07, 6.45) is 5.86. The fraction of sp³-hybridized carbons (Fsp3) is 0.333. The number of carboxylic acids is 1. The molecule has 1 amide bonds. The Kier molecular flexibility index (Phi) is 5.57. The Morgan fingerprint density at radius 2 is 2.24 bits per heavy atom. The van der Waals surface area contributed by atoms with Gasteiger partial charge in [-0.2, -0.15) is 0 Å². The first kappa shape index (κ1) is 13.0. The van der Waals surface area contributed by atoms with E-state index in [1.54, 1.807) is 18.2 Å². The van der Waals surface area contributed by atoms with E-state index >= 15 is 0 Å². The maximum Gasteiger partial charge on any atom is 0.303 e. The molecule has 0 fully saturated rings. The van der Waals surface area contributed by atoms with Crippen molar-refractivity contribution >= 4 is 18.0 Å². The van der Waals surface area contributed by atoms with Gasteiger partial charge in [0.1, 0.15) is 5.76 Å². The second-order valence-electron chi connectivity index (χ2n) is 3.49. The van der Waals surface area contributed by atoms with Crippen molar-refractivity contribution in [3.05, 3.63) is 30.2 Å². The average molecular weight is 237 g/mol. The number of nitrogens with one attached hydrogen (secondary N) is 1. The van der Waals surface area contributed by atoms with Gasteiger partial charge in [-0.05, 0) is 31.1 Å². The van der Waals surface area contributed by atoms with Crippen LogP contribution in [0.3, 0.4) is 0 Å². The molecule has 92 valence electrons. The molecule has 2 N–H and O–H groups in total. The monoisotopic (exact) mass is 237 g/mol. The summed E-state index contributed by atoms with van der Waals surface area (Å²) in [5, 5.41) is 11.1. The van der Waals surface area contributed by atoms with Gasteiger partial charge in [0.2, 0.25) is 5.91 Å². The van der Waals surface area contributed by atoms with E-state index < -0.39 is 5.97 Å². The molecule has 1 heterocycles. The van der Waals surface area contributed by atoms with Crippen LogP contribution < -0.4 is 5.32 Å². The summed E-state index contributed by atoms with van der Waals surface area (Å²) < 4.78 is 5.02. The summed E-state index contributed by atoms with van der Waals surface area (Å²) in [5.41, 5.74) is 0. The van der Waals surface area contributed by atoms with E-state index in [2.05, 4.69) is 5.32 Å². The van der Waals surface area contributed by atoms with E-state index in [-0.39, 0.29) is 12.3 Å². The predicted molar refractivity (Wildman–Crippen MR) is 62.2 cm³/mol. The van der Waals surface area contributed by atoms with Gasteiger partial charge in [0.15, 0.2) is 0 Å². The smallest absolute Gasteiger partial charge is 0.303 e. The molecule has 0 spiro atoms. The zero-order valence-electron chi connectivity index (χ0n) is 9.39. The molecule has 0 atom stereocenters. The maximum absolute atomic E-state index is 11.3. The van der Waals surface area contributed by atoms with Crippen LogP contribution in [0.15, 0.2) is 28.9 Å². The molecule has 0 unspecified atom stereocenters. The van der Waals surface area contributed by atoms with Crippen LogP contribution in [-0.4, -0.2) is 23.5 Å². The third-order valence-corrected chi connectivity index (χ3v) is 2.06. The zero-order chi connectivity index (χ0) is 12.5. The van der Waals surface area contributed by atoms with Crippen molar-refractivity contribution in [3.63, 3.8) is 0 Å². The average Bonchev–Trinajstić information content (AvgIpc) is 2.78. The Balaban J connectivity index is 2.11. The number of rotatable bonds is 7. The molecule has 0 bridgehead atoms. The summed E-state index contributed by atoms with van der Waals surface area (Å²) in [7, 11) is 0. The summed E-state index contributed by atoms with van der Waals surface area (Å²) >= 11 is 0. The number of amides is 1. The van der Waals surface area contributed by atoms with Crippen molar-refractivity contribution in [2.45, 2.75) is 19.3 Å². The van der Waals surface area contributed by atoms with Crippen LogP contribution in [0.1, 0.15) is 25.0 Å². The maximum atomic E-state index is 11.3. The van der Waals surface area contributed by atoms with E-state index in [9.17, 15) is 9.59 Å². The molecule has 1 aromatic rings. The highest BCUT2D eigenvalue weighted by atomic mass is 16.4. The Morgan fingerprint density at radius 1 is 1.41 bits per heavy atom. The molecular formula is C12H15NO4. The Morgan fingerprint density at radius 3 is 2.88 bits per heavy atom. The van der Waals surface area contributed by atoms with Gasteiger partial charge in [0.25, 0.3) is 0 Å². The fourth-order valence-electron chi connectivity index (χ4n) is 1.22. The van der Waals surface area contributed by atoms with Gasteiger partial charge < -0.3 is 14.8 Å². The number of carbonyl (C=O) groups excluding carboxylic acids is 1. The molecule has 5 nitrogen and oxygen atoms in total. The standard InChI is InChI=1S/C12H15NO4/c14-11(7-6-10-4-3-9-17-10)13-8-2-1-5-12(15)16/h3-4,6-7,9H,1-2,5,8H2,(H,13,14)(H,15,16). The number of aliphatic carboxylic acids is 1. The second kappa shape index (κ2) is 7.27. The molecule has 17 heavy (non-hydrogen) atoms. The van der Waals surface area contributed by atoms with Crippen molar-refractivity contribution in [1.82, 2.24) is 5.32 Å². The van der Waals surface area contributed by atoms with E-state index in [0.717, 1.165) is 0 Å². The molecule has 5 heteroatoms. The number of carboxylic acid groups (broad SMARTS) is 1. The quantitative estimate of drug-likeness (QED) is 0.558. The lowest BCUT2D eigenvalue weighted by molar-refractivity contribution is -0.137. The van der Waals surface area contributed by atoms with Crippen LogP contribution in [0, 0.1) is 0 Å². The van der Waals surface area contributed by atoms with E-state index in [0.29, 0.717) is 25.1 Å². The van der Waals surface area contributed by atoms with Crippen LogP contribution in [0.25, 0.3) is 6.08 Å². The number of furan rings is 1. The molecule has 0 saturated heterocycles. The lowest BCUT2D eigenvalue weighted by Gasteiger charge is -2.00. The third kappa shape index (κ3) is 6.19. The summed E-state index contributed by atoms with van der Waals surface area (Å²) in [5.74, 6) is -0.406. The van der Waals surface area contributed by atoms with Crippen LogP contribution in [-0.2, 0) is 9.59 Å². The first-order valence-corrected chi connectivity index (χ1v) is 5.39. The number of unbranched alkanes of at least 4 members (excludes halogenated alkanes) is 1. The lowest BCUT2D eigenvalue weighted by Crippen LogP contribution is -2.22. The molecule has 1 aromatic heterocycles. The molecular weight excluding hydrogens is 222 g/mol. The number of hydrogen-bond donors (Lipinski definition) is 2. The van der Waals surface area contributed by atoms with Gasteiger partial charge in [-0.15, -0.1) is 0 Å². The van der Waals surface area contributed by atoms with Gasteiger partial charge >= 0.3 is 5.97 Å². The lowest BCUT2D eigenvalue weighted by atomic mass is 10.2. The van der Waals surface area contributed by atoms with E-state index in [4.69, 9.17) is 9.52 Å². The van der Waals surface area contributed by atoms with E-state index in [1.165, 1.54) is 12.3 Å². The highest BCUT2D eigenvalue weighted by Crippen LogP contribution is 2.01. The normalized spacial score (nSPS) is 10.6. The molecule has 1 rings (SSSR count). The molecule has 0 aliphatic heterocycles. The minimum Gasteiger partial charge on any atom is -0.481 e. The number of hydrogen-bond acceptors (Lipinski definition) is 3. The van der Waals surface area contributed by atoms with Gasteiger partial charge in [-0.3, -0.25) is 9.59 Å². The SMILES string of the molecule is O=C(O)CCCCNC(=O)C=Cc1ccco1. The summed E-state index contributed by atoms with van der Waals surface area (Å²) in [6.45, 7) is 0.481. The molecule has 0 aromatic carbocycles. The van der Waals surface area contributed by atoms with Crippen LogP contribution >= 0.6 is 0 Å². The Labute approximate surface area is 99.1 Å². The highest BCUT2D eigenvalue weighted by Gasteiger charge is 1.98. The zero-order valence-corrected chi connectivity index (χ0v) is 9.39. The fourth-order valence-corrected chi connectivity index (χ4v) is 1.22. The largest absolute Gasteiger partial charge is 0.481 e.